The van der Waals surface area contributed by atoms with Gasteiger partial charge < -0.3 is 14.8 Å². The van der Waals surface area contributed by atoms with E-state index in [1.807, 2.05) is 13.0 Å². The minimum atomic E-state index is -0.208. The molecule has 1 aromatic rings. The van der Waals surface area contributed by atoms with Gasteiger partial charge >= 0.3 is 0 Å². The van der Waals surface area contributed by atoms with Crippen molar-refractivity contribution in [3.8, 4) is 0 Å². The van der Waals surface area contributed by atoms with Crippen LogP contribution in [0.5, 0.6) is 0 Å². The number of benzene rings is 1. The van der Waals surface area contributed by atoms with Crippen molar-refractivity contribution < 1.29 is 13.9 Å². The average Bonchev–Trinajstić information content (AvgIpc) is 2.35. The van der Waals surface area contributed by atoms with E-state index in [2.05, 4.69) is 5.32 Å². The zero-order valence-corrected chi connectivity index (χ0v) is 10.4. The second-order valence-corrected chi connectivity index (χ2v) is 3.63. The van der Waals surface area contributed by atoms with Crippen molar-refractivity contribution in [1.82, 2.24) is 5.32 Å². The Morgan fingerprint density at radius 1 is 1.24 bits per heavy atom. The van der Waals surface area contributed by atoms with Gasteiger partial charge in [-0.3, -0.25) is 0 Å². The highest BCUT2D eigenvalue weighted by Crippen LogP contribution is 2.16. The van der Waals surface area contributed by atoms with Crippen LogP contribution < -0.4 is 5.32 Å². The molecule has 0 saturated heterocycles. The van der Waals surface area contributed by atoms with E-state index in [4.69, 9.17) is 9.47 Å². The van der Waals surface area contributed by atoms with Crippen molar-refractivity contribution in [3.05, 3.63) is 35.6 Å². The zero-order chi connectivity index (χ0) is 12.5. The number of ether oxygens (including phenoxy) is 2. The molecule has 0 amide bonds. The van der Waals surface area contributed by atoms with Crippen LogP contribution in [0.1, 0.15) is 18.5 Å². The van der Waals surface area contributed by atoms with Crippen molar-refractivity contribution in [2.24, 2.45) is 0 Å². The van der Waals surface area contributed by atoms with Crippen LogP contribution in [0.4, 0.5) is 4.39 Å². The fraction of sp³-hybridized carbons (Fsp3) is 0.538. The van der Waals surface area contributed by atoms with Gasteiger partial charge in [0, 0.05) is 12.2 Å². The first-order valence-electron chi connectivity index (χ1n) is 5.86. The van der Waals surface area contributed by atoms with Gasteiger partial charge in [0.15, 0.2) is 0 Å². The van der Waals surface area contributed by atoms with Crippen molar-refractivity contribution in [2.45, 2.75) is 13.0 Å². The number of nitrogens with one attached hydrogen (secondary N) is 1. The smallest absolute Gasteiger partial charge is 0.128 e. The summed E-state index contributed by atoms with van der Waals surface area (Å²) in [6, 6.07) is 6.60. The third-order valence-corrected chi connectivity index (χ3v) is 2.49. The van der Waals surface area contributed by atoms with Crippen LogP contribution in [-0.2, 0) is 9.47 Å². The molecule has 0 heterocycles. The summed E-state index contributed by atoms with van der Waals surface area (Å²) in [6.45, 7) is 4.16. The summed E-state index contributed by atoms with van der Waals surface area (Å²) in [7, 11) is 1.79. The molecule has 17 heavy (non-hydrogen) atoms. The Hall–Kier alpha value is -0.970. The van der Waals surface area contributed by atoms with E-state index in [0.717, 1.165) is 0 Å². The van der Waals surface area contributed by atoms with Crippen LogP contribution in [-0.4, -0.2) is 33.5 Å². The van der Waals surface area contributed by atoms with Crippen LogP contribution >= 0.6 is 0 Å². The van der Waals surface area contributed by atoms with Crippen LogP contribution in [0.15, 0.2) is 24.3 Å². The SMILES string of the molecule is CCOCCOCC(NC)c1ccccc1F. The van der Waals surface area contributed by atoms with E-state index in [0.29, 0.717) is 32.0 Å². The molecule has 1 N–H and O–H groups in total. The molecule has 1 rings (SSSR count). The summed E-state index contributed by atoms with van der Waals surface area (Å²) in [5, 5.41) is 3.04. The second kappa shape index (κ2) is 8.17. The molecule has 0 aliphatic heterocycles. The first kappa shape index (κ1) is 14.1. The third kappa shape index (κ3) is 4.81. The Kier molecular flexibility index (Phi) is 6.77. The number of hydrogen-bond donors (Lipinski definition) is 1. The first-order valence-corrected chi connectivity index (χ1v) is 5.86. The van der Waals surface area contributed by atoms with Gasteiger partial charge in [0.25, 0.3) is 0 Å². The lowest BCUT2D eigenvalue weighted by Crippen LogP contribution is -2.23. The molecule has 4 heteroatoms. The van der Waals surface area contributed by atoms with Gasteiger partial charge in [-0.25, -0.2) is 4.39 Å². The molecule has 0 radical (unpaired) electrons. The molecule has 0 spiro atoms. The molecule has 3 nitrogen and oxygen atoms in total. The predicted octanol–water partition coefficient (Wildman–Crippen LogP) is 2.14. The first-order chi connectivity index (χ1) is 8.29. The molecule has 0 saturated carbocycles. The van der Waals surface area contributed by atoms with Gasteiger partial charge in [-0.2, -0.15) is 0 Å². The van der Waals surface area contributed by atoms with E-state index >= 15 is 0 Å². The fourth-order valence-corrected chi connectivity index (χ4v) is 1.55. The summed E-state index contributed by atoms with van der Waals surface area (Å²) in [6.07, 6.45) is 0. The van der Waals surface area contributed by atoms with E-state index in [9.17, 15) is 4.39 Å². The van der Waals surface area contributed by atoms with Crippen LogP contribution in [0.2, 0.25) is 0 Å². The van der Waals surface area contributed by atoms with Gasteiger partial charge in [-0.05, 0) is 20.0 Å². The van der Waals surface area contributed by atoms with Gasteiger partial charge in [0.05, 0.1) is 25.9 Å². The third-order valence-electron chi connectivity index (χ3n) is 2.49. The summed E-state index contributed by atoms with van der Waals surface area (Å²) in [4.78, 5) is 0. The van der Waals surface area contributed by atoms with Crippen LogP contribution in [0, 0.1) is 5.82 Å². The van der Waals surface area contributed by atoms with E-state index in [1.54, 1.807) is 19.2 Å². The standard InChI is InChI=1S/C13H20FNO2/c1-3-16-8-9-17-10-13(15-2)11-6-4-5-7-12(11)14/h4-7,13,15H,3,8-10H2,1-2H3. The molecule has 0 fully saturated rings. The minimum absolute atomic E-state index is 0.127. The monoisotopic (exact) mass is 241 g/mol. The molecule has 0 aromatic heterocycles. The topological polar surface area (TPSA) is 30.5 Å². The zero-order valence-electron chi connectivity index (χ0n) is 10.4. The van der Waals surface area contributed by atoms with Crippen molar-refractivity contribution >= 4 is 0 Å². The van der Waals surface area contributed by atoms with Crippen LogP contribution in [0.3, 0.4) is 0 Å². The summed E-state index contributed by atoms with van der Waals surface area (Å²) < 4.78 is 24.1. The second-order valence-electron chi connectivity index (χ2n) is 3.63. The Bertz CT molecular complexity index is 320. The maximum atomic E-state index is 13.5. The minimum Gasteiger partial charge on any atom is -0.379 e. The Labute approximate surface area is 102 Å². The Morgan fingerprint density at radius 3 is 2.59 bits per heavy atom. The van der Waals surface area contributed by atoms with E-state index in [-0.39, 0.29) is 11.9 Å². The lowest BCUT2D eigenvalue weighted by atomic mass is 10.1. The molecular formula is C13H20FNO2. The largest absolute Gasteiger partial charge is 0.379 e. The maximum absolute atomic E-state index is 13.5. The van der Waals surface area contributed by atoms with Gasteiger partial charge in [0.1, 0.15) is 5.82 Å². The lowest BCUT2D eigenvalue weighted by molar-refractivity contribution is 0.0438. The Balaban J connectivity index is 2.41. The van der Waals surface area contributed by atoms with Crippen molar-refractivity contribution in [2.75, 3.05) is 33.5 Å². The average molecular weight is 241 g/mol. The fourth-order valence-electron chi connectivity index (χ4n) is 1.55. The number of halogens is 1. The quantitative estimate of drug-likeness (QED) is 0.707. The molecular weight excluding hydrogens is 221 g/mol. The van der Waals surface area contributed by atoms with E-state index in [1.165, 1.54) is 6.07 Å². The summed E-state index contributed by atoms with van der Waals surface area (Å²) in [5.74, 6) is -0.208. The maximum Gasteiger partial charge on any atom is 0.128 e. The number of rotatable bonds is 8. The highest BCUT2D eigenvalue weighted by atomic mass is 19.1. The molecule has 1 aromatic carbocycles. The molecule has 1 atom stereocenters. The van der Waals surface area contributed by atoms with Crippen molar-refractivity contribution in [3.63, 3.8) is 0 Å². The van der Waals surface area contributed by atoms with Crippen LogP contribution in [0.25, 0.3) is 0 Å². The molecule has 0 aliphatic carbocycles. The molecule has 96 valence electrons. The summed E-state index contributed by atoms with van der Waals surface area (Å²) >= 11 is 0. The normalized spacial score (nSPS) is 12.6. The Morgan fingerprint density at radius 2 is 1.94 bits per heavy atom. The van der Waals surface area contributed by atoms with Gasteiger partial charge in [-0.1, -0.05) is 18.2 Å². The predicted molar refractivity (Wildman–Crippen MR) is 65.5 cm³/mol. The summed E-state index contributed by atoms with van der Waals surface area (Å²) in [5.41, 5.74) is 0.631. The molecule has 1 unspecified atom stereocenters. The highest BCUT2D eigenvalue weighted by Gasteiger charge is 2.13. The van der Waals surface area contributed by atoms with Gasteiger partial charge in [0.2, 0.25) is 0 Å². The highest BCUT2D eigenvalue weighted by molar-refractivity contribution is 5.21. The van der Waals surface area contributed by atoms with Gasteiger partial charge in [-0.15, -0.1) is 0 Å². The van der Waals surface area contributed by atoms with E-state index < -0.39 is 0 Å². The molecule has 0 aliphatic rings. The lowest BCUT2D eigenvalue weighted by Gasteiger charge is -2.17. The van der Waals surface area contributed by atoms with Crippen molar-refractivity contribution in [1.29, 1.82) is 0 Å². The number of hydrogen-bond acceptors (Lipinski definition) is 3. The number of likely N-dealkylation sites (N-methyl/N-ethyl adjacent to an activating group) is 1. The molecule has 0 bridgehead atoms.